The van der Waals surface area contributed by atoms with Crippen LogP contribution in [0, 0.1) is 5.92 Å². The van der Waals surface area contributed by atoms with Crippen LogP contribution in [-0.4, -0.2) is 29.0 Å². The van der Waals surface area contributed by atoms with Crippen LogP contribution in [0.2, 0.25) is 0 Å². The largest absolute Gasteiger partial charge is 0.329 e. The van der Waals surface area contributed by atoms with Crippen molar-refractivity contribution in [2.75, 3.05) is 13.1 Å². The van der Waals surface area contributed by atoms with Crippen molar-refractivity contribution in [1.82, 2.24) is 9.88 Å². The lowest BCUT2D eigenvalue weighted by Crippen LogP contribution is -2.46. The van der Waals surface area contributed by atoms with Crippen LogP contribution < -0.4 is 5.73 Å². The Morgan fingerprint density at radius 2 is 2.20 bits per heavy atom. The molecule has 1 aromatic heterocycles. The minimum absolute atomic E-state index is 0.158. The fourth-order valence-electron chi connectivity index (χ4n) is 2.94. The third-order valence-corrected chi connectivity index (χ3v) is 5.67. The van der Waals surface area contributed by atoms with Gasteiger partial charge in [0.05, 0.1) is 10.7 Å². The lowest BCUT2D eigenvalue weighted by molar-refractivity contribution is 0.106. The fourth-order valence-corrected chi connectivity index (χ4v) is 3.84. The molecule has 0 saturated carbocycles. The molecule has 4 heteroatoms. The van der Waals surface area contributed by atoms with Gasteiger partial charge in [0.2, 0.25) is 0 Å². The molecule has 1 aliphatic heterocycles. The van der Waals surface area contributed by atoms with Gasteiger partial charge in [-0.1, -0.05) is 34.1 Å². The van der Waals surface area contributed by atoms with Crippen molar-refractivity contribution in [1.29, 1.82) is 0 Å². The smallest absolute Gasteiger partial charge is 0.0982 e. The quantitative estimate of drug-likeness (QED) is 0.926. The van der Waals surface area contributed by atoms with Gasteiger partial charge in [-0.3, -0.25) is 4.90 Å². The Morgan fingerprint density at radius 1 is 1.45 bits per heavy atom. The van der Waals surface area contributed by atoms with Crippen molar-refractivity contribution in [3.8, 4) is 0 Å². The SMILES string of the molecule is CCC1CCN(Cc2csc(C(C)(C)C)n2)C(CN)C1. The molecule has 0 spiro atoms. The van der Waals surface area contributed by atoms with E-state index in [1.807, 2.05) is 0 Å². The van der Waals surface area contributed by atoms with Gasteiger partial charge in [-0.15, -0.1) is 11.3 Å². The summed E-state index contributed by atoms with van der Waals surface area (Å²) in [6, 6.07) is 0.536. The molecule has 0 aromatic carbocycles. The number of thiazole rings is 1. The first-order valence-electron chi connectivity index (χ1n) is 7.83. The van der Waals surface area contributed by atoms with E-state index in [0.29, 0.717) is 6.04 Å². The first-order chi connectivity index (χ1) is 9.44. The molecule has 1 aromatic rings. The Labute approximate surface area is 127 Å². The summed E-state index contributed by atoms with van der Waals surface area (Å²) < 4.78 is 0. The highest BCUT2D eigenvalue weighted by atomic mass is 32.1. The standard InChI is InChI=1S/C16H29N3S/c1-5-12-6-7-19(14(8-12)9-17)10-13-11-20-15(18-13)16(2,3)4/h11-12,14H,5-10,17H2,1-4H3. The van der Waals surface area contributed by atoms with Gasteiger partial charge in [0, 0.05) is 29.9 Å². The second-order valence-corrected chi connectivity index (χ2v) is 7.91. The number of nitrogens with two attached hydrogens (primary N) is 1. The van der Waals surface area contributed by atoms with E-state index in [1.54, 1.807) is 11.3 Å². The van der Waals surface area contributed by atoms with Crippen LogP contribution in [0.25, 0.3) is 0 Å². The Hall–Kier alpha value is -0.450. The fraction of sp³-hybridized carbons (Fsp3) is 0.812. The maximum Gasteiger partial charge on any atom is 0.0982 e. The lowest BCUT2D eigenvalue weighted by Gasteiger charge is -2.38. The predicted molar refractivity (Wildman–Crippen MR) is 87.1 cm³/mol. The highest BCUT2D eigenvalue weighted by molar-refractivity contribution is 7.09. The number of rotatable bonds is 4. The molecule has 2 rings (SSSR count). The van der Waals surface area contributed by atoms with Crippen LogP contribution >= 0.6 is 11.3 Å². The third-order valence-electron chi connectivity index (χ3n) is 4.35. The number of hydrogen-bond acceptors (Lipinski definition) is 4. The summed E-state index contributed by atoms with van der Waals surface area (Å²) in [6.07, 6.45) is 3.85. The summed E-state index contributed by atoms with van der Waals surface area (Å²) >= 11 is 1.79. The van der Waals surface area contributed by atoms with Crippen LogP contribution in [-0.2, 0) is 12.0 Å². The van der Waals surface area contributed by atoms with Crippen molar-refractivity contribution in [2.45, 2.75) is 65.0 Å². The van der Waals surface area contributed by atoms with Crippen LogP contribution in [0.4, 0.5) is 0 Å². The van der Waals surface area contributed by atoms with Crippen molar-refractivity contribution < 1.29 is 0 Å². The van der Waals surface area contributed by atoms with E-state index in [0.717, 1.165) is 19.0 Å². The maximum atomic E-state index is 5.98. The molecule has 2 unspecified atom stereocenters. The van der Waals surface area contributed by atoms with Crippen LogP contribution in [0.15, 0.2) is 5.38 Å². The second kappa shape index (κ2) is 6.54. The Kier molecular flexibility index (Phi) is 5.21. The number of hydrogen-bond donors (Lipinski definition) is 1. The summed E-state index contributed by atoms with van der Waals surface area (Å²) in [4.78, 5) is 7.35. The van der Waals surface area contributed by atoms with Gasteiger partial charge in [-0.2, -0.15) is 0 Å². The van der Waals surface area contributed by atoms with Crippen molar-refractivity contribution in [3.63, 3.8) is 0 Å². The van der Waals surface area contributed by atoms with Gasteiger partial charge >= 0.3 is 0 Å². The van der Waals surface area contributed by atoms with Crippen LogP contribution in [0.1, 0.15) is 57.7 Å². The predicted octanol–water partition coefficient (Wildman–Crippen LogP) is 3.39. The van der Waals surface area contributed by atoms with Gasteiger partial charge < -0.3 is 5.73 Å². The van der Waals surface area contributed by atoms with E-state index < -0.39 is 0 Å². The van der Waals surface area contributed by atoms with Gasteiger partial charge in [0.1, 0.15) is 0 Å². The summed E-state index contributed by atoms with van der Waals surface area (Å²) in [7, 11) is 0. The molecule has 0 amide bonds. The van der Waals surface area contributed by atoms with Gasteiger partial charge in [0.25, 0.3) is 0 Å². The molecule has 0 aliphatic carbocycles. The first-order valence-corrected chi connectivity index (χ1v) is 8.71. The van der Waals surface area contributed by atoms with E-state index in [2.05, 4.69) is 38.0 Å². The van der Waals surface area contributed by atoms with E-state index >= 15 is 0 Å². The van der Waals surface area contributed by atoms with Crippen LogP contribution in [0.3, 0.4) is 0 Å². The van der Waals surface area contributed by atoms with Gasteiger partial charge in [-0.25, -0.2) is 4.98 Å². The molecule has 0 bridgehead atoms. The minimum atomic E-state index is 0.158. The molecule has 1 fully saturated rings. The lowest BCUT2D eigenvalue weighted by atomic mass is 9.89. The zero-order valence-electron chi connectivity index (χ0n) is 13.4. The maximum absolute atomic E-state index is 5.98. The summed E-state index contributed by atoms with van der Waals surface area (Å²) in [5, 5.41) is 3.46. The second-order valence-electron chi connectivity index (χ2n) is 7.05. The average Bonchev–Trinajstić information content (AvgIpc) is 2.87. The molecular weight excluding hydrogens is 266 g/mol. The van der Waals surface area contributed by atoms with E-state index in [-0.39, 0.29) is 5.41 Å². The zero-order chi connectivity index (χ0) is 14.8. The highest BCUT2D eigenvalue weighted by Crippen LogP contribution is 2.29. The average molecular weight is 295 g/mol. The number of nitrogens with zero attached hydrogens (tertiary/aromatic N) is 2. The van der Waals surface area contributed by atoms with Gasteiger partial charge in [0.15, 0.2) is 0 Å². The molecule has 2 N–H and O–H groups in total. The molecule has 20 heavy (non-hydrogen) atoms. The zero-order valence-corrected chi connectivity index (χ0v) is 14.2. The first kappa shape index (κ1) is 15.9. The Bertz CT molecular complexity index is 422. The molecule has 0 radical (unpaired) electrons. The topological polar surface area (TPSA) is 42.2 Å². The molecular formula is C16H29N3S. The van der Waals surface area contributed by atoms with Crippen LogP contribution in [0.5, 0.6) is 0 Å². The third kappa shape index (κ3) is 3.80. The van der Waals surface area contributed by atoms with E-state index in [4.69, 9.17) is 10.7 Å². The molecule has 1 saturated heterocycles. The Morgan fingerprint density at radius 3 is 2.75 bits per heavy atom. The van der Waals surface area contributed by atoms with Gasteiger partial charge in [-0.05, 0) is 25.3 Å². The van der Waals surface area contributed by atoms with Crippen molar-refractivity contribution in [2.24, 2.45) is 11.7 Å². The minimum Gasteiger partial charge on any atom is -0.329 e. The molecule has 2 heterocycles. The van der Waals surface area contributed by atoms with Crippen molar-refractivity contribution in [3.05, 3.63) is 16.1 Å². The van der Waals surface area contributed by atoms with Crippen molar-refractivity contribution >= 4 is 11.3 Å². The molecule has 2 atom stereocenters. The normalized spacial score (nSPS) is 25.1. The molecule has 1 aliphatic rings. The van der Waals surface area contributed by atoms with E-state index in [9.17, 15) is 0 Å². The molecule has 3 nitrogen and oxygen atoms in total. The molecule has 114 valence electrons. The monoisotopic (exact) mass is 295 g/mol. The Balaban J connectivity index is 2.00. The summed E-state index contributed by atoms with van der Waals surface area (Å²) in [5.74, 6) is 0.861. The summed E-state index contributed by atoms with van der Waals surface area (Å²) in [5.41, 5.74) is 7.35. The number of likely N-dealkylation sites (tertiary alicyclic amines) is 1. The summed E-state index contributed by atoms with van der Waals surface area (Å²) in [6.45, 7) is 11.9. The number of aromatic nitrogens is 1. The number of piperidine rings is 1. The highest BCUT2D eigenvalue weighted by Gasteiger charge is 2.27. The van der Waals surface area contributed by atoms with E-state index in [1.165, 1.54) is 36.5 Å².